The molecule has 1 saturated heterocycles. The van der Waals surface area contributed by atoms with Crippen LogP contribution in [-0.2, 0) is 4.79 Å². The molecule has 8 heteroatoms. The molecule has 0 N–H and O–H groups in total. The summed E-state index contributed by atoms with van der Waals surface area (Å²) >= 11 is 6.23. The van der Waals surface area contributed by atoms with Crippen LogP contribution in [0.3, 0.4) is 0 Å². The van der Waals surface area contributed by atoms with Gasteiger partial charge in [-0.2, -0.15) is 5.10 Å². The number of nitrogens with zero attached hydrogens (tertiary/aromatic N) is 3. The first-order valence-corrected chi connectivity index (χ1v) is 10.1. The number of carbonyl (C=O) groups is 1. The molecule has 0 spiro atoms. The number of piperidine rings is 1. The van der Waals surface area contributed by atoms with E-state index >= 15 is 0 Å². The van der Waals surface area contributed by atoms with Crippen LogP contribution in [-0.4, -0.2) is 40.3 Å². The fourth-order valence-electron chi connectivity index (χ4n) is 3.71. The zero-order valence-electron chi connectivity index (χ0n) is 17.0. The van der Waals surface area contributed by atoms with Crippen molar-refractivity contribution in [2.75, 3.05) is 19.7 Å². The molecule has 1 aromatic carbocycles. The highest BCUT2D eigenvalue weighted by Gasteiger charge is 2.26. The van der Waals surface area contributed by atoms with Crippen molar-refractivity contribution >= 4 is 29.9 Å². The third-order valence-electron chi connectivity index (χ3n) is 5.30. The Kier molecular flexibility index (Phi) is 8.34. The number of carbonyl (C=O) groups excluding carboxylic acids is 1. The molecular weight excluding hydrogens is 416 g/mol. The van der Waals surface area contributed by atoms with Crippen LogP contribution in [0, 0.1) is 25.6 Å². The van der Waals surface area contributed by atoms with Crippen LogP contribution in [0.25, 0.3) is 0 Å². The van der Waals surface area contributed by atoms with Crippen LogP contribution in [0.15, 0.2) is 24.3 Å². The average Bonchev–Trinajstić information content (AvgIpc) is 2.95. The van der Waals surface area contributed by atoms with Gasteiger partial charge in [-0.1, -0.05) is 11.6 Å². The van der Waals surface area contributed by atoms with E-state index in [0.717, 1.165) is 30.8 Å². The summed E-state index contributed by atoms with van der Waals surface area (Å²) in [7, 11) is 0. The first-order chi connectivity index (χ1) is 13.3. The number of amides is 1. The number of aromatic nitrogens is 2. The molecule has 0 saturated carbocycles. The predicted molar refractivity (Wildman–Crippen MR) is 114 cm³/mol. The third-order valence-corrected chi connectivity index (χ3v) is 5.84. The molecule has 1 aliphatic rings. The molecule has 2 heterocycles. The van der Waals surface area contributed by atoms with Gasteiger partial charge in [0.15, 0.2) is 0 Å². The maximum atomic E-state index is 13.0. The highest BCUT2D eigenvalue weighted by Crippen LogP contribution is 2.25. The van der Waals surface area contributed by atoms with E-state index in [1.54, 1.807) is 12.1 Å². The summed E-state index contributed by atoms with van der Waals surface area (Å²) in [4.78, 5) is 14.7. The summed E-state index contributed by atoms with van der Waals surface area (Å²) < 4.78 is 20.6. The van der Waals surface area contributed by atoms with E-state index in [4.69, 9.17) is 16.3 Å². The van der Waals surface area contributed by atoms with Gasteiger partial charge in [-0.25, -0.2) is 4.39 Å². The standard InChI is InChI=1S/C21H27ClFN3O2.ClH/c1-14(26-16(3)21(22)15(2)24-26)11-20(27)25-10-4-5-17(12-25)13-28-19-8-6-18(23)7-9-19;/h6-9,14,17H,4-5,10-13H2,1-3H3;1H. The lowest BCUT2D eigenvalue weighted by Gasteiger charge is -2.33. The second-order valence-electron chi connectivity index (χ2n) is 7.60. The molecule has 2 unspecified atom stereocenters. The van der Waals surface area contributed by atoms with Gasteiger partial charge in [-0.05, 0) is 57.9 Å². The van der Waals surface area contributed by atoms with Gasteiger partial charge >= 0.3 is 0 Å². The zero-order valence-corrected chi connectivity index (χ0v) is 18.6. The predicted octanol–water partition coefficient (Wildman–Crippen LogP) is 4.98. The highest BCUT2D eigenvalue weighted by molar-refractivity contribution is 6.31. The van der Waals surface area contributed by atoms with Crippen molar-refractivity contribution in [2.24, 2.45) is 5.92 Å². The van der Waals surface area contributed by atoms with Gasteiger partial charge in [0.25, 0.3) is 0 Å². The first-order valence-electron chi connectivity index (χ1n) is 9.72. The molecular formula is C21H28Cl2FN3O2. The van der Waals surface area contributed by atoms with Gasteiger partial charge in [0.1, 0.15) is 11.6 Å². The Bertz CT molecular complexity index is 826. The molecule has 0 bridgehead atoms. The van der Waals surface area contributed by atoms with Crippen molar-refractivity contribution in [1.29, 1.82) is 0 Å². The topological polar surface area (TPSA) is 47.4 Å². The lowest BCUT2D eigenvalue weighted by Crippen LogP contribution is -2.42. The Morgan fingerprint density at radius 2 is 2.03 bits per heavy atom. The van der Waals surface area contributed by atoms with Crippen molar-refractivity contribution in [2.45, 2.75) is 46.1 Å². The van der Waals surface area contributed by atoms with Crippen molar-refractivity contribution in [3.05, 3.63) is 46.5 Å². The minimum absolute atomic E-state index is 0. The fraction of sp³-hybridized carbons (Fsp3) is 0.524. The molecule has 2 atom stereocenters. The average molecular weight is 444 g/mol. The second kappa shape index (κ2) is 10.3. The molecule has 1 amide bonds. The van der Waals surface area contributed by atoms with Crippen LogP contribution in [0.4, 0.5) is 4.39 Å². The summed E-state index contributed by atoms with van der Waals surface area (Å²) in [5.74, 6) is 0.781. The molecule has 1 fully saturated rings. The van der Waals surface area contributed by atoms with Crippen molar-refractivity contribution in [3.8, 4) is 5.75 Å². The summed E-state index contributed by atoms with van der Waals surface area (Å²) in [5.41, 5.74) is 1.68. The van der Waals surface area contributed by atoms with Gasteiger partial charge in [0.2, 0.25) is 5.91 Å². The monoisotopic (exact) mass is 443 g/mol. The summed E-state index contributed by atoms with van der Waals surface area (Å²) in [6.45, 7) is 7.77. The molecule has 1 aromatic heterocycles. The van der Waals surface area contributed by atoms with E-state index in [9.17, 15) is 9.18 Å². The fourth-order valence-corrected chi connectivity index (χ4v) is 3.84. The molecule has 5 nitrogen and oxygen atoms in total. The summed E-state index contributed by atoms with van der Waals surface area (Å²) in [5, 5.41) is 5.12. The van der Waals surface area contributed by atoms with Crippen molar-refractivity contribution < 1.29 is 13.9 Å². The molecule has 0 aliphatic carbocycles. The number of halogens is 3. The maximum absolute atomic E-state index is 13.0. The number of ether oxygens (including phenoxy) is 1. The van der Waals surface area contributed by atoms with Crippen LogP contribution < -0.4 is 4.74 Å². The SMILES string of the molecule is Cc1nn(C(C)CC(=O)N2CCCC(COc3ccc(F)cc3)C2)c(C)c1Cl.Cl. The van der Waals surface area contributed by atoms with Gasteiger partial charge in [0, 0.05) is 25.4 Å². The van der Waals surface area contributed by atoms with E-state index < -0.39 is 0 Å². The van der Waals surface area contributed by atoms with Crippen molar-refractivity contribution in [1.82, 2.24) is 14.7 Å². The molecule has 160 valence electrons. The minimum Gasteiger partial charge on any atom is -0.493 e. The van der Waals surface area contributed by atoms with Crippen LogP contribution in [0.1, 0.15) is 43.6 Å². The second-order valence-corrected chi connectivity index (χ2v) is 7.97. The lowest BCUT2D eigenvalue weighted by atomic mass is 9.98. The van der Waals surface area contributed by atoms with E-state index in [-0.39, 0.29) is 36.1 Å². The Morgan fingerprint density at radius 3 is 2.66 bits per heavy atom. The van der Waals surface area contributed by atoms with Crippen LogP contribution in [0.5, 0.6) is 5.75 Å². The Balaban J connectivity index is 0.00000300. The zero-order chi connectivity index (χ0) is 20.3. The van der Waals surface area contributed by atoms with E-state index in [1.165, 1.54) is 12.1 Å². The normalized spacial score (nSPS) is 17.6. The lowest BCUT2D eigenvalue weighted by molar-refractivity contribution is -0.134. The molecule has 29 heavy (non-hydrogen) atoms. The molecule has 1 aliphatic heterocycles. The maximum Gasteiger partial charge on any atom is 0.224 e. The summed E-state index contributed by atoms with van der Waals surface area (Å²) in [6.07, 6.45) is 2.38. The van der Waals surface area contributed by atoms with E-state index in [0.29, 0.717) is 30.3 Å². The Morgan fingerprint density at radius 1 is 1.34 bits per heavy atom. The third kappa shape index (κ3) is 5.86. The quantitative estimate of drug-likeness (QED) is 0.631. The van der Waals surface area contributed by atoms with Gasteiger partial charge < -0.3 is 9.64 Å². The summed E-state index contributed by atoms with van der Waals surface area (Å²) in [6, 6.07) is 5.98. The van der Waals surface area contributed by atoms with Crippen molar-refractivity contribution in [3.63, 3.8) is 0 Å². The first kappa shape index (κ1) is 23.5. The minimum atomic E-state index is -0.278. The number of benzene rings is 1. The van der Waals surface area contributed by atoms with Gasteiger partial charge in [-0.3, -0.25) is 9.48 Å². The number of hydrogen-bond donors (Lipinski definition) is 0. The van der Waals surface area contributed by atoms with Crippen LogP contribution in [0.2, 0.25) is 5.02 Å². The van der Waals surface area contributed by atoms with Gasteiger partial charge in [-0.15, -0.1) is 12.4 Å². The number of rotatable bonds is 6. The van der Waals surface area contributed by atoms with Gasteiger partial charge in [0.05, 0.1) is 29.1 Å². The largest absolute Gasteiger partial charge is 0.493 e. The Labute approximate surface area is 182 Å². The number of aryl methyl sites for hydroxylation is 1. The van der Waals surface area contributed by atoms with Crippen LogP contribution >= 0.6 is 24.0 Å². The number of likely N-dealkylation sites (tertiary alicyclic amines) is 1. The van der Waals surface area contributed by atoms with E-state index in [1.807, 2.05) is 30.4 Å². The molecule has 2 aromatic rings. The molecule has 3 rings (SSSR count). The Hall–Kier alpha value is -1.79. The number of hydrogen-bond acceptors (Lipinski definition) is 3. The van der Waals surface area contributed by atoms with E-state index in [2.05, 4.69) is 5.10 Å². The highest BCUT2D eigenvalue weighted by atomic mass is 35.5. The molecule has 0 radical (unpaired) electrons. The smallest absolute Gasteiger partial charge is 0.224 e.